The van der Waals surface area contributed by atoms with E-state index in [1.165, 1.54) is 0 Å². The molecule has 0 bridgehead atoms. The lowest BCUT2D eigenvalue weighted by Crippen LogP contribution is -2.11. The van der Waals surface area contributed by atoms with Crippen LogP contribution in [0.2, 0.25) is 0 Å². The van der Waals surface area contributed by atoms with Crippen LogP contribution in [0.5, 0.6) is 0 Å². The highest BCUT2D eigenvalue weighted by Crippen LogP contribution is 2.33. The molecule has 0 N–H and O–H groups in total. The van der Waals surface area contributed by atoms with Crippen LogP contribution in [0.3, 0.4) is 0 Å². The van der Waals surface area contributed by atoms with Crippen molar-refractivity contribution in [2.45, 2.75) is 45.6 Å². The highest BCUT2D eigenvalue weighted by molar-refractivity contribution is 8.14. The maximum absolute atomic E-state index is 11.8. The number of para-hydroxylation sites is 1. The fourth-order valence-corrected chi connectivity index (χ4v) is 3.92. The number of aryl methyl sites for hydroxylation is 1. The smallest absolute Gasteiger partial charge is 0.263 e. The van der Waals surface area contributed by atoms with Crippen LogP contribution >= 0.6 is 10.7 Å². The molecule has 0 atom stereocenters. The molecule has 2 aromatic rings. The summed E-state index contributed by atoms with van der Waals surface area (Å²) in [4.78, 5) is 0.240. The van der Waals surface area contributed by atoms with E-state index in [0.717, 1.165) is 18.5 Å². The molecule has 0 saturated carbocycles. The second-order valence-electron chi connectivity index (χ2n) is 6.33. The Morgan fingerprint density at radius 1 is 1.20 bits per heavy atom. The highest BCUT2D eigenvalue weighted by Gasteiger charge is 2.23. The summed E-state index contributed by atoms with van der Waals surface area (Å²) in [5.74, 6) is 0. The molecule has 0 unspecified atom stereocenters. The average Bonchev–Trinajstić information content (AvgIpc) is 2.56. The van der Waals surface area contributed by atoms with Gasteiger partial charge in [0.25, 0.3) is 9.05 Å². The first-order valence-electron chi connectivity index (χ1n) is 6.64. The summed E-state index contributed by atoms with van der Waals surface area (Å²) in [5.41, 5.74) is 1.83. The van der Waals surface area contributed by atoms with Crippen molar-refractivity contribution >= 4 is 30.6 Å². The van der Waals surface area contributed by atoms with Crippen molar-refractivity contribution in [3.63, 3.8) is 0 Å². The lowest BCUT2D eigenvalue weighted by Gasteiger charge is -2.19. The average molecular weight is 314 g/mol. The van der Waals surface area contributed by atoms with Crippen LogP contribution in [-0.4, -0.2) is 13.0 Å². The SMILES string of the molecule is Cc1c(S(=O)(=O)Cl)c2ccccc2n1CCC(C)(C)C. The fraction of sp³-hybridized carbons (Fsp3) is 0.467. The quantitative estimate of drug-likeness (QED) is 0.792. The normalized spacial score (nSPS) is 13.1. The molecule has 3 nitrogen and oxygen atoms in total. The Morgan fingerprint density at radius 3 is 2.35 bits per heavy atom. The van der Waals surface area contributed by atoms with Gasteiger partial charge in [0.1, 0.15) is 4.90 Å². The second kappa shape index (κ2) is 5.08. The van der Waals surface area contributed by atoms with E-state index in [-0.39, 0.29) is 10.3 Å². The maximum Gasteiger partial charge on any atom is 0.263 e. The Bertz CT molecular complexity index is 739. The van der Waals surface area contributed by atoms with Crippen molar-refractivity contribution < 1.29 is 8.42 Å². The van der Waals surface area contributed by atoms with E-state index in [1.54, 1.807) is 0 Å². The number of benzene rings is 1. The lowest BCUT2D eigenvalue weighted by atomic mass is 9.92. The third-order valence-corrected chi connectivity index (χ3v) is 4.97. The molecule has 0 amide bonds. The number of aromatic nitrogens is 1. The number of nitrogens with zero attached hydrogens (tertiary/aromatic N) is 1. The third kappa shape index (κ3) is 3.01. The first-order chi connectivity index (χ1) is 9.11. The van der Waals surface area contributed by atoms with Gasteiger partial charge >= 0.3 is 0 Å². The molecule has 0 saturated heterocycles. The first kappa shape index (κ1) is 15.4. The van der Waals surface area contributed by atoms with Crippen LogP contribution in [0.15, 0.2) is 29.2 Å². The van der Waals surface area contributed by atoms with Crippen molar-refractivity contribution in [2.75, 3.05) is 0 Å². The van der Waals surface area contributed by atoms with Crippen LogP contribution in [0.1, 0.15) is 32.9 Å². The molecule has 1 aromatic heterocycles. The summed E-state index contributed by atoms with van der Waals surface area (Å²) in [5, 5.41) is 0.703. The van der Waals surface area contributed by atoms with Gasteiger partial charge in [0.05, 0.1) is 0 Å². The topological polar surface area (TPSA) is 39.1 Å². The van der Waals surface area contributed by atoms with Gasteiger partial charge < -0.3 is 4.57 Å². The molecule has 2 rings (SSSR count). The summed E-state index contributed by atoms with van der Waals surface area (Å²) in [7, 11) is 1.86. The monoisotopic (exact) mass is 313 g/mol. The molecular weight excluding hydrogens is 294 g/mol. The molecule has 1 heterocycles. The third-order valence-electron chi connectivity index (χ3n) is 3.50. The van der Waals surface area contributed by atoms with E-state index in [9.17, 15) is 8.42 Å². The summed E-state index contributed by atoms with van der Waals surface area (Å²) in [6.45, 7) is 9.12. The minimum absolute atomic E-state index is 0.192. The summed E-state index contributed by atoms with van der Waals surface area (Å²) < 4.78 is 25.7. The fourth-order valence-electron chi connectivity index (χ4n) is 2.44. The Balaban J connectivity index is 2.64. The van der Waals surface area contributed by atoms with E-state index in [1.807, 2.05) is 31.2 Å². The van der Waals surface area contributed by atoms with Crippen LogP contribution in [0, 0.1) is 12.3 Å². The first-order valence-corrected chi connectivity index (χ1v) is 8.95. The molecule has 1 aromatic carbocycles. The molecule has 0 spiro atoms. The van der Waals surface area contributed by atoms with Gasteiger partial charge in [-0.2, -0.15) is 0 Å². The van der Waals surface area contributed by atoms with E-state index >= 15 is 0 Å². The molecule has 0 aliphatic rings. The zero-order valence-electron chi connectivity index (χ0n) is 12.3. The van der Waals surface area contributed by atoms with Crippen LogP contribution in [0.4, 0.5) is 0 Å². The number of hydrogen-bond donors (Lipinski definition) is 0. The minimum atomic E-state index is -3.74. The highest BCUT2D eigenvalue weighted by atomic mass is 35.7. The molecule has 5 heteroatoms. The minimum Gasteiger partial charge on any atom is -0.343 e. The number of hydrogen-bond acceptors (Lipinski definition) is 2. The van der Waals surface area contributed by atoms with Crippen LogP contribution in [0.25, 0.3) is 10.9 Å². The number of rotatable bonds is 3. The Hall–Kier alpha value is -1.00. The van der Waals surface area contributed by atoms with Crippen molar-refractivity contribution in [1.29, 1.82) is 0 Å². The summed E-state index contributed by atoms with van der Waals surface area (Å²) in [6, 6.07) is 7.50. The standard InChI is InChI=1S/C15H20ClNO2S/c1-11-14(20(16,18)19)12-7-5-6-8-13(12)17(11)10-9-15(2,3)4/h5-8H,9-10H2,1-4H3. The predicted octanol–water partition coefficient (Wildman–Crippen LogP) is 4.31. The van der Waals surface area contributed by atoms with Crippen molar-refractivity contribution in [1.82, 2.24) is 4.57 Å². The molecule has 0 aliphatic carbocycles. The lowest BCUT2D eigenvalue weighted by molar-refractivity contribution is 0.351. The Morgan fingerprint density at radius 2 is 1.80 bits per heavy atom. The largest absolute Gasteiger partial charge is 0.343 e. The van der Waals surface area contributed by atoms with Gasteiger partial charge in [0, 0.05) is 33.8 Å². The van der Waals surface area contributed by atoms with E-state index in [4.69, 9.17) is 10.7 Å². The van der Waals surface area contributed by atoms with Crippen LogP contribution in [-0.2, 0) is 15.6 Å². The Kier molecular flexibility index (Phi) is 3.91. The molecule has 0 radical (unpaired) electrons. The van der Waals surface area contributed by atoms with E-state index < -0.39 is 9.05 Å². The maximum atomic E-state index is 11.8. The van der Waals surface area contributed by atoms with Gasteiger partial charge in [-0.15, -0.1) is 0 Å². The summed E-state index contributed by atoms with van der Waals surface area (Å²) in [6.07, 6.45) is 0.967. The van der Waals surface area contributed by atoms with Gasteiger partial charge in [-0.1, -0.05) is 39.0 Å². The van der Waals surface area contributed by atoms with E-state index in [0.29, 0.717) is 11.1 Å². The zero-order valence-corrected chi connectivity index (χ0v) is 13.8. The molecular formula is C15H20ClNO2S. The van der Waals surface area contributed by atoms with Gasteiger partial charge in [0.15, 0.2) is 0 Å². The molecule has 0 fully saturated rings. The molecule has 110 valence electrons. The predicted molar refractivity (Wildman–Crippen MR) is 83.8 cm³/mol. The van der Waals surface area contributed by atoms with Crippen molar-refractivity contribution in [3.8, 4) is 0 Å². The van der Waals surface area contributed by atoms with Gasteiger partial charge in [-0.25, -0.2) is 8.42 Å². The van der Waals surface area contributed by atoms with Crippen molar-refractivity contribution in [3.05, 3.63) is 30.0 Å². The molecule has 20 heavy (non-hydrogen) atoms. The zero-order chi connectivity index (χ0) is 15.1. The Labute approximate surface area is 125 Å². The van der Waals surface area contributed by atoms with Gasteiger partial charge in [0.2, 0.25) is 0 Å². The van der Waals surface area contributed by atoms with Crippen molar-refractivity contribution in [2.24, 2.45) is 5.41 Å². The number of halogens is 1. The van der Waals surface area contributed by atoms with E-state index in [2.05, 4.69) is 25.3 Å². The van der Waals surface area contributed by atoms with Crippen LogP contribution < -0.4 is 0 Å². The van der Waals surface area contributed by atoms with Gasteiger partial charge in [-0.3, -0.25) is 0 Å². The molecule has 0 aliphatic heterocycles. The second-order valence-corrected chi connectivity index (χ2v) is 8.83. The summed E-state index contributed by atoms with van der Waals surface area (Å²) >= 11 is 0. The number of fused-ring (bicyclic) bond motifs is 1. The van der Waals surface area contributed by atoms with Gasteiger partial charge in [-0.05, 0) is 24.8 Å².